The Bertz CT molecular complexity index is 126. The number of rotatable bonds is 5. The Morgan fingerprint density at radius 2 is 1.55 bits per heavy atom. The SMILES string of the molecule is NCC(CN)(CN)CC(=O)O. The summed E-state index contributed by atoms with van der Waals surface area (Å²) in [6.07, 6.45) is -0.0590. The van der Waals surface area contributed by atoms with Crippen molar-refractivity contribution in [3.8, 4) is 0 Å². The van der Waals surface area contributed by atoms with Crippen molar-refractivity contribution in [1.29, 1.82) is 0 Å². The summed E-state index contributed by atoms with van der Waals surface area (Å²) in [7, 11) is 0. The minimum atomic E-state index is -0.911. The molecule has 0 rings (SSSR count). The Balaban J connectivity index is 4.16. The van der Waals surface area contributed by atoms with Crippen molar-refractivity contribution in [2.24, 2.45) is 22.6 Å². The lowest BCUT2D eigenvalue weighted by Gasteiger charge is -2.27. The van der Waals surface area contributed by atoms with Gasteiger partial charge in [0.1, 0.15) is 0 Å². The molecule has 5 nitrogen and oxygen atoms in total. The summed E-state index contributed by atoms with van der Waals surface area (Å²) >= 11 is 0. The third-order valence-corrected chi connectivity index (χ3v) is 1.83. The third kappa shape index (κ3) is 2.83. The van der Waals surface area contributed by atoms with E-state index in [2.05, 4.69) is 0 Å². The van der Waals surface area contributed by atoms with Gasteiger partial charge in [-0.1, -0.05) is 0 Å². The van der Waals surface area contributed by atoms with E-state index in [9.17, 15) is 4.79 Å². The van der Waals surface area contributed by atoms with Crippen LogP contribution in [0.3, 0.4) is 0 Å². The molecule has 0 saturated heterocycles. The summed E-state index contributed by atoms with van der Waals surface area (Å²) in [6.45, 7) is 0.644. The van der Waals surface area contributed by atoms with Gasteiger partial charge in [0.05, 0.1) is 6.42 Å². The second-order valence-corrected chi connectivity index (χ2v) is 2.68. The maximum Gasteiger partial charge on any atom is 0.304 e. The Morgan fingerprint density at radius 1 is 1.18 bits per heavy atom. The van der Waals surface area contributed by atoms with E-state index in [4.69, 9.17) is 22.3 Å². The molecule has 0 aliphatic rings. The van der Waals surface area contributed by atoms with Gasteiger partial charge in [-0.05, 0) is 0 Å². The van der Waals surface area contributed by atoms with Crippen LogP contribution in [0.5, 0.6) is 0 Å². The van der Waals surface area contributed by atoms with Crippen LogP contribution in [0.25, 0.3) is 0 Å². The maximum absolute atomic E-state index is 10.3. The van der Waals surface area contributed by atoms with Crippen molar-refractivity contribution < 1.29 is 9.90 Å². The number of carbonyl (C=O) groups is 1. The number of aliphatic carboxylic acids is 1. The second-order valence-electron chi connectivity index (χ2n) is 2.68. The molecule has 0 atom stereocenters. The first-order valence-electron chi connectivity index (χ1n) is 3.42. The first-order chi connectivity index (χ1) is 5.10. The zero-order valence-electron chi connectivity index (χ0n) is 6.42. The smallest absolute Gasteiger partial charge is 0.304 e. The van der Waals surface area contributed by atoms with E-state index >= 15 is 0 Å². The van der Waals surface area contributed by atoms with Gasteiger partial charge < -0.3 is 22.3 Å². The molecule has 0 heterocycles. The fourth-order valence-electron chi connectivity index (χ4n) is 0.787. The van der Waals surface area contributed by atoms with E-state index in [0.717, 1.165) is 0 Å². The summed E-state index contributed by atoms with van der Waals surface area (Å²) in [5.41, 5.74) is 15.4. The fourth-order valence-corrected chi connectivity index (χ4v) is 0.787. The van der Waals surface area contributed by atoms with E-state index in [1.165, 1.54) is 0 Å². The molecule has 0 fully saturated rings. The number of hydrogen-bond acceptors (Lipinski definition) is 4. The van der Waals surface area contributed by atoms with Crippen LogP contribution < -0.4 is 17.2 Å². The monoisotopic (exact) mass is 161 g/mol. The molecule has 0 radical (unpaired) electrons. The van der Waals surface area contributed by atoms with Gasteiger partial charge in [-0.3, -0.25) is 4.79 Å². The highest BCUT2D eigenvalue weighted by molar-refractivity contribution is 5.67. The summed E-state index contributed by atoms with van der Waals surface area (Å²) in [5.74, 6) is -0.911. The van der Waals surface area contributed by atoms with Gasteiger partial charge in [0.25, 0.3) is 0 Å². The van der Waals surface area contributed by atoms with Crippen molar-refractivity contribution in [3.05, 3.63) is 0 Å². The van der Waals surface area contributed by atoms with Crippen LogP contribution in [0.4, 0.5) is 0 Å². The largest absolute Gasteiger partial charge is 0.481 e. The average molecular weight is 161 g/mol. The Kier molecular flexibility index (Phi) is 4.02. The standard InChI is InChI=1S/C6H15N3O2/c7-2-6(3-8,4-9)1-5(10)11/h1-4,7-9H2,(H,10,11). The molecule has 0 aromatic heterocycles. The Hall–Kier alpha value is -0.650. The molecule has 0 saturated carbocycles. The highest BCUT2D eigenvalue weighted by Gasteiger charge is 2.28. The third-order valence-electron chi connectivity index (χ3n) is 1.83. The quantitative estimate of drug-likeness (QED) is 0.384. The lowest BCUT2D eigenvalue weighted by molar-refractivity contribution is -0.139. The summed E-state index contributed by atoms with van der Waals surface area (Å²) in [5, 5.41) is 8.48. The van der Waals surface area contributed by atoms with Gasteiger partial charge in [-0.2, -0.15) is 0 Å². The lowest BCUT2D eigenvalue weighted by Crippen LogP contribution is -2.45. The Labute approximate surface area is 65.5 Å². The summed E-state index contributed by atoms with van der Waals surface area (Å²) < 4.78 is 0. The van der Waals surface area contributed by atoms with E-state index in [1.807, 2.05) is 0 Å². The summed E-state index contributed by atoms with van der Waals surface area (Å²) in [6, 6.07) is 0. The number of carboxylic acid groups (broad SMARTS) is 1. The molecule has 0 spiro atoms. The van der Waals surface area contributed by atoms with E-state index < -0.39 is 11.4 Å². The highest BCUT2D eigenvalue weighted by atomic mass is 16.4. The Morgan fingerprint density at radius 3 is 1.64 bits per heavy atom. The van der Waals surface area contributed by atoms with Crippen molar-refractivity contribution >= 4 is 5.97 Å². The number of nitrogens with two attached hydrogens (primary N) is 3. The molecule has 0 bridgehead atoms. The van der Waals surface area contributed by atoms with Crippen LogP contribution in [0.1, 0.15) is 6.42 Å². The van der Waals surface area contributed by atoms with Gasteiger partial charge in [-0.15, -0.1) is 0 Å². The first kappa shape index (κ1) is 10.3. The topological polar surface area (TPSA) is 115 Å². The highest BCUT2D eigenvalue weighted by Crippen LogP contribution is 2.16. The zero-order chi connectivity index (χ0) is 8.91. The first-order valence-corrected chi connectivity index (χ1v) is 3.42. The van der Waals surface area contributed by atoms with Crippen LogP contribution >= 0.6 is 0 Å². The molecule has 0 unspecified atom stereocenters. The molecule has 0 aliphatic carbocycles. The van der Waals surface area contributed by atoms with Crippen molar-refractivity contribution in [2.45, 2.75) is 6.42 Å². The second kappa shape index (κ2) is 4.27. The maximum atomic E-state index is 10.3. The minimum absolute atomic E-state index is 0.0590. The van der Waals surface area contributed by atoms with Crippen molar-refractivity contribution in [2.75, 3.05) is 19.6 Å². The number of carboxylic acids is 1. The predicted molar refractivity (Wildman–Crippen MR) is 41.8 cm³/mol. The van der Waals surface area contributed by atoms with Crippen molar-refractivity contribution in [1.82, 2.24) is 0 Å². The number of hydrogen-bond donors (Lipinski definition) is 4. The van der Waals surface area contributed by atoms with Crippen LogP contribution in [-0.4, -0.2) is 30.7 Å². The van der Waals surface area contributed by atoms with Crippen molar-refractivity contribution in [3.63, 3.8) is 0 Å². The molecule has 11 heavy (non-hydrogen) atoms. The summed E-state index contributed by atoms with van der Waals surface area (Å²) in [4.78, 5) is 10.3. The molecular formula is C6H15N3O2. The molecule has 7 N–H and O–H groups in total. The molecule has 66 valence electrons. The average Bonchev–Trinajstić information content (AvgIpc) is 2.00. The molecule has 0 aliphatic heterocycles. The van der Waals surface area contributed by atoms with Gasteiger partial charge >= 0.3 is 5.97 Å². The molecule has 5 heteroatoms. The normalized spacial score (nSPS) is 11.5. The molecule has 0 aromatic carbocycles. The molecule has 0 amide bonds. The molecule has 0 aromatic rings. The molecular weight excluding hydrogens is 146 g/mol. The van der Waals surface area contributed by atoms with Gasteiger partial charge in [0, 0.05) is 25.0 Å². The predicted octanol–water partition coefficient (Wildman–Crippen LogP) is -1.68. The van der Waals surface area contributed by atoms with E-state index in [-0.39, 0.29) is 26.1 Å². The van der Waals surface area contributed by atoms with Gasteiger partial charge in [0.15, 0.2) is 0 Å². The minimum Gasteiger partial charge on any atom is -0.481 e. The lowest BCUT2D eigenvalue weighted by atomic mass is 9.85. The zero-order valence-corrected chi connectivity index (χ0v) is 6.42. The van der Waals surface area contributed by atoms with Gasteiger partial charge in [-0.25, -0.2) is 0 Å². The van der Waals surface area contributed by atoms with E-state index in [0.29, 0.717) is 0 Å². The fraction of sp³-hybridized carbons (Fsp3) is 0.833. The van der Waals surface area contributed by atoms with Gasteiger partial charge in [0.2, 0.25) is 0 Å². The van der Waals surface area contributed by atoms with Crippen LogP contribution in [0.15, 0.2) is 0 Å². The van der Waals surface area contributed by atoms with Crippen LogP contribution in [0.2, 0.25) is 0 Å². The van der Waals surface area contributed by atoms with Crippen LogP contribution in [0, 0.1) is 5.41 Å². The van der Waals surface area contributed by atoms with E-state index in [1.54, 1.807) is 0 Å². The van der Waals surface area contributed by atoms with Crippen LogP contribution in [-0.2, 0) is 4.79 Å².